The van der Waals surface area contributed by atoms with Crippen molar-refractivity contribution in [2.75, 3.05) is 14.2 Å². The van der Waals surface area contributed by atoms with Crippen molar-refractivity contribution in [3.8, 4) is 0 Å². The molecule has 2 bridgehead atoms. The smallest absolute Gasteiger partial charge is 0.189 e. The molecule has 5 heteroatoms. The highest BCUT2D eigenvalue weighted by Crippen LogP contribution is 2.50. The Bertz CT molecular complexity index is 295. The van der Waals surface area contributed by atoms with Gasteiger partial charge in [-0.25, -0.2) is 0 Å². The Morgan fingerprint density at radius 1 is 1.36 bits per heavy atom. The summed E-state index contributed by atoms with van der Waals surface area (Å²) in [6.07, 6.45) is 1.52. The first-order valence-electron chi connectivity index (χ1n) is 4.57. The highest BCUT2D eigenvalue weighted by molar-refractivity contribution is 6.44. The molecule has 78 valence electrons. The van der Waals surface area contributed by atoms with Crippen molar-refractivity contribution < 1.29 is 19.5 Å². The number of hydrogen-bond donors (Lipinski definition) is 1. The van der Waals surface area contributed by atoms with Crippen LogP contribution in [0.2, 0.25) is 0 Å². The molecule has 2 fully saturated rings. The van der Waals surface area contributed by atoms with Gasteiger partial charge < -0.3 is 14.7 Å². The third kappa shape index (κ3) is 0.861. The topological polar surface area (TPSA) is 68.1 Å². The number of carbonyl (C=O) groups is 1. The SMILES string of the molecule is COC1(OC)[C@@H]2CC[C@H]1C(=O)/C2=N\O. The quantitative estimate of drug-likeness (QED) is 0.397. The van der Waals surface area contributed by atoms with E-state index in [2.05, 4.69) is 5.16 Å². The molecule has 0 unspecified atom stereocenters. The molecule has 2 rings (SSSR count). The fourth-order valence-electron chi connectivity index (χ4n) is 2.74. The molecule has 0 aromatic rings. The van der Waals surface area contributed by atoms with Gasteiger partial charge in [-0.05, 0) is 12.8 Å². The Morgan fingerprint density at radius 3 is 2.29 bits per heavy atom. The Kier molecular flexibility index (Phi) is 2.08. The van der Waals surface area contributed by atoms with Crippen LogP contribution in [0, 0.1) is 11.8 Å². The molecule has 2 aliphatic carbocycles. The van der Waals surface area contributed by atoms with E-state index in [1.807, 2.05) is 0 Å². The zero-order valence-electron chi connectivity index (χ0n) is 8.19. The Hall–Kier alpha value is -0.940. The zero-order chi connectivity index (χ0) is 10.3. The maximum atomic E-state index is 11.7. The van der Waals surface area contributed by atoms with Crippen molar-refractivity contribution >= 4 is 11.5 Å². The van der Waals surface area contributed by atoms with Crippen LogP contribution < -0.4 is 0 Å². The molecule has 0 aliphatic heterocycles. The van der Waals surface area contributed by atoms with Crippen molar-refractivity contribution in [2.45, 2.75) is 18.6 Å². The van der Waals surface area contributed by atoms with E-state index in [0.717, 1.165) is 12.8 Å². The van der Waals surface area contributed by atoms with Gasteiger partial charge in [0.15, 0.2) is 11.6 Å². The number of Topliss-reactive ketones (excluding diaryl/α,β-unsaturated/α-hetero) is 1. The molecule has 0 aromatic heterocycles. The number of fused-ring (bicyclic) bond motifs is 2. The van der Waals surface area contributed by atoms with Crippen molar-refractivity contribution in [1.29, 1.82) is 0 Å². The lowest BCUT2D eigenvalue weighted by atomic mass is 9.97. The Labute approximate surface area is 81.7 Å². The number of oxime groups is 1. The molecule has 2 saturated carbocycles. The summed E-state index contributed by atoms with van der Waals surface area (Å²) in [5, 5.41) is 11.8. The number of methoxy groups -OCH3 is 2. The predicted octanol–water partition coefficient (Wildman–Crippen LogP) is 0.415. The van der Waals surface area contributed by atoms with E-state index < -0.39 is 5.79 Å². The van der Waals surface area contributed by atoms with E-state index in [0.29, 0.717) is 0 Å². The van der Waals surface area contributed by atoms with Crippen LogP contribution in [-0.2, 0) is 14.3 Å². The van der Waals surface area contributed by atoms with Gasteiger partial charge in [0.05, 0.1) is 11.8 Å². The van der Waals surface area contributed by atoms with Gasteiger partial charge in [0.2, 0.25) is 0 Å². The molecule has 5 nitrogen and oxygen atoms in total. The van der Waals surface area contributed by atoms with E-state index in [1.54, 1.807) is 0 Å². The van der Waals surface area contributed by atoms with Crippen LogP contribution in [-0.4, -0.2) is 36.7 Å². The predicted molar refractivity (Wildman–Crippen MR) is 47.2 cm³/mol. The summed E-state index contributed by atoms with van der Waals surface area (Å²) in [7, 11) is 3.03. The maximum absolute atomic E-state index is 11.7. The second kappa shape index (κ2) is 3.03. The van der Waals surface area contributed by atoms with E-state index in [-0.39, 0.29) is 23.3 Å². The molecule has 0 aromatic carbocycles. The summed E-state index contributed by atoms with van der Waals surface area (Å²) in [5.74, 6) is -1.57. The van der Waals surface area contributed by atoms with Crippen LogP contribution in [0.25, 0.3) is 0 Å². The summed E-state index contributed by atoms with van der Waals surface area (Å²) >= 11 is 0. The van der Waals surface area contributed by atoms with E-state index in [1.165, 1.54) is 14.2 Å². The van der Waals surface area contributed by atoms with Crippen molar-refractivity contribution in [3.05, 3.63) is 0 Å². The van der Waals surface area contributed by atoms with Gasteiger partial charge in [-0.15, -0.1) is 0 Å². The van der Waals surface area contributed by atoms with Crippen LogP contribution >= 0.6 is 0 Å². The first-order chi connectivity index (χ1) is 6.71. The highest BCUT2D eigenvalue weighted by Gasteiger charge is 2.64. The molecule has 2 aliphatic rings. The van der Waals surface area contributed by atoms with Crippen LogP contribution in [0.4, 0.5) is 0 Å². The average Bonchev–Trinajstić information content (AvgIpc) is 2.68. The van der Waals surface area contributed by atoms with Crippen LogP contribution in [0.3, 0.4) is 0 Å². The lowest BCUT2D eigenvalue weighted by molar-refractivity contribution is -0.228. The van der Waals surface area contributed by atoms with Gasteiger partial charge in [0.1, 0.15) is 5.71 Å². The number of nitrogens with zero attached hydrogens (tertiary/aromatic N) is 1. The van der Waals surface area contributed by atoms with Gasteiger partial charge >= 0.3 is 0 Å². The first kappa shape index (κ1) is 9.61. The van der Waals surface area contributed by atoms with E-state index in [9.17, 15) is 4.79 Å². The van der Waals surface area contributed by atoms with Gasteiger partial charge in [-0.3, -0.25) is 4.79 Å². The van der Waals surface area contributed by atoms with Gasteiger partial charge in [0, 0.05) is 14.2 Å². The minimum atomic E-state index is -0.890. The van der Waals surface area contributed by atoms with E-state index >= 15 is 0 Å². The first-order valence-corrected chi connectivity index (χ1v) is 4.57. The number of hydrogen-bond acceptors (Lipinski definition) is 5. The normalized spacial score (nSPS) is 37.0. The summed E-state index contributed by atoms with van der Waals surface area (Å²) < 4.78 is 10.6. The van der Waals surface area contributed by atoms with Gasteiger partial charge in [-0.2, -0.15) is 0 Å². The minimum Gasteiger partial charge on any atom is -0.411 e. The molecular formula is C9H13NO4. The second-order valence-electron chi connectivity index (χ2n) is 3.66. The standard InChI is InChI=1S/C9H13NO4/c1-13-9(14-2)5-3-4-6(9)8(11)7(5)10-12/h5-6,12H,3-4H2,1-2H3/b10-7-/t5-,6+/m1/s1. The zero-order valence-corrected chi connectivity index (χ0v) is 8.19. The molecule has 0 saturated heterocycles. The van der Waals surface area contributed by atoms with Crippen molar-refractivity contribution in [2.24, 2.45) is 17.0 Å². The number of ketones is 1. The second-order valence-corrected chi connectivity index (χ2v) is 3.66. The molecule has 1 N–H and O–H groups in total. The summed E-state index contributed by atoms with van der Waals surface area (Å²) in [6.45, 7) is 0. The molecule has 0 spiro atoms. The summed E-state index contributed by atoms with van der Waals surface area (Å²) in [6, 6.07) is 0. The van der Waals surface area contributed by atoms with Gasteiger partial charge in [0.25, 0.3) is 0 Å². The maximum Gasteiger partial charge on any atom is 0.189 e. The molecule has 0 radical (unpaired) electrons. The third-order valence-corrected chi connectivity index (χ3v) is 3.36. The lowest BCUT2D eigenvalue weighted by Crippen LogP contribution is -2.40. The third-order valence-electron chi connectivity index (χ3n) is 3.36. The minimum absolute atomic E-state index is 0.146. The monoisotopic (exact) mass is 199 g/mol. The van der Waals surface area contributed by atoms with Gasteiger partial charge in [-0.1, -0.05) is 5.16 Å². The Morgan fingerprint density at radius 2 is 1.93 bits per heavy atom. The molecular weight excluding hydrogens is 186 g/mol. The van der Waals surface area contributed by atoms with Crippen molar-refractivity contribution in [3.63, 3.8) is 0 Å². The fraction of sp³-hybridized carbons (Fsp3) is 0.778. The van der Waals surface area contributed by atoms with Crippen LogP contribution in [0.15, 0.2) is 5.16 Å². The largest absolute Gasteiger partial charge is 0.411 e. The number of ether oxygens (including phenoxy) is 2. The summed E-state index contributed by atoms with van der Waals surface area (Å²) in [5.41, 5.74) is 0.199. The Balaban J connectivity index is 2.45. The lowest BCUT2D eigenvalue weighted by Gasteiger charge is -2.29. The number of carbonyl (C=O) groups excluding carboxylic acids is 1. The molecule has 14 heavy (non-hydrogen) atoms. The molecule has 0 amide bonds. The summed E-state index contributed by atoms with van der Waals surface area (Å²) in [4.78, 5) is 11.7. The highest BCUT2D eigenvalue weighted by atomic mass is 16.7. The average molecular weight is 199 g/mol. The molecule has 2 atom stereocenters. The van der Waals surface area contributed by atoms with Crippen molar-refractivity contribution in [1.82, 2.24) is 0 Å². The molecule has 0 heterocycles. The van der Waals surface area contributed by atoms with E-state index in [4.69, 9.17) is 14.7 Å². The fourth-order valence-corrected chi connectivity index (χ4v) is 2.74. The number of rotatable bonds is 2. The van der Waals surface area contributed by atoms with Crippen LogP contribution in [0.5, 0.6) is 0 Å². The van der Waals surface area contributed by atoms with Crippen LogP contribution in [0.1, 0.15) is 12.8 Å².